The molecule has 2 aliphatic rings. The molecule has 0 unspecified atom stereocenters. The van der Waals surface area contributed by atoms with E-state index in [0.29, 0.717) is 0 Å². The molecule has 0 bridgehead atoms. The molecule has 0 atom stereocenters. The summed E-state index contributed by atoms with van der Waals surface area (Å²) in [7, 11) is 2.24. The number of likely N-dealkylation sites (N-methyl/N-ethyl adjacent to an activating group) is 1. The van der Waals surface area contributed by atoms with Gasteiger partial charge in [0, 0.05) is 26.2 Å². The Balaban J connectivity index is 1.75. The summed E-state index contributed by atoms with van der Waals surface area (Å²) in [5, 5.41) is 3.29. The molecule has 1 aliphatic carbocycles. The normalized spacial score (nSPS) is 21.9. The molecule has 74 valence electrons. The van der Waals surface area contributed by atoms with Crippen LogP contribution in [-0.4, -0.2) is 38.1 Å². The summed E-state index contributed by atoms with van der Waals surface area (Å²) < 4.78 is 0. The third kappa shape index (κ3) is 2.55. The molecule has 1 aliphatic heterocycles. The molecule has 1 heterocycles. The summed E-state index contributed by atoms with van der Waals surface area (Å²) in [4.78, 5) is 2.47. The number of nitrogens with one attached hydrogen (secondary N) is 1. The molecule has 0 aromatic heterocycles. The second-order valence-electron chi connectivity index (χ2n) is 4.63. The minimum absolute atomic E-state index is 1.02. The molecule has 2 heteroatoms. The van der Waals surface area contributed by atoms with E-state index in [4.69, 9.17) is 0 Å². The average molecular weight is 180 g/mol. The zero-order valence-corrected chi connectivity index (χ0v) is 8.77. The van der Waals surface area contributed by atoms with Gasteiger partial charge < -0.3 is 10.2 Å². The molecule has 0 spiro atoms. The maximum atomic E-state index is 3.29. The summed E-state index contributed by atoms with van der Waals surface area (Å²) in [6.07, 6.45) is 2.92. The van der Waals surface area contributed by atoms with Gasteiger partial charge in [0.1, 0.15) is 0 Å². The van der Waals surface area contributed by atoms with Crippen molar-refractivity contribution in [1.82, 2.24) is 10.2 Å². The van der Waals surface area contributed by atoms with Crippen LogP contribution in [0.25, 0.3) is 0 Å². The predicted octanol–water partition coefficient (Wildman–Crippen LogP) is 1.25. The van der Waals surface area contributed by atoms with Gasteiger partial charge in [-0.05, 0) is 38.3 Å². The number of hydrogen-bond acceptors (Lipinski definition) is 2. The second-order valence-corrected chi connectivity index (χ2v) is 4.63. The van der Waals surface area contributed by atoms with E-state index in [1.54, 1.807) is 11.1 Å². The van der Waals surface area contributed by atoms with Crippen LogP contribution in [0.3, 0.4) is 0 Å². The van der Waals surface area contributed by atoms with Gasteiger partial charge in [-0.1, -0.05) is 5.57 Å². The first-order valence-corrected chi connectivity index (χ1v) is 5.32. The minimum Gasteiger partial charge on any atom is -0.309 e. The Morgan fingerprint density at radius 2 is 2.15 bits per heavy atom. The van der Waals surface area contributed by atoms with Gasteiger partial charge in [0.15, 0.2) is 0 Å². The predicted molar refractivity (Wildman–Crippen MR) is 55.8 cm³/mol. The van der Waals surface area contributed by atoms with Gasteiger partial charge in [0.25, 0.3) is 0 Å². The van der Waals surface area contributed by atoms with Crippen LogP contribution < -0.4 is 5.32 Å². The number of nitrogens with zero attached hydrogens (tertiary/aromatic N) is 1. The highest BCUT2D eigenvalue weighted by Crippen LogP contribution is 2.29. The molecule has 1 saturated carbocycles. The molecule has 0 aromatic rings. The molecule has 0 radical (unpaired) electrons. The van der Waals surface area contributed by atoms with Crippen molar-refractivity contribution in [2.75, 3.05) is 33.2 Å². The van der Waals surface area contributed by atoms with E-state index in [9.17, 15) is 0 Å². The standard InChI is InChI=1S/C11H20N2/c1-9(11-5-12-6-11)7-13(2)8-10-3-4-10/h10,12H,3-8H2,1-2H3. The van der Waals surface area contributed by atoms with Gasteiger partial charge in [0.05, 0.1) is 0 Å². The number of hydrogen-bond donors (Lipinski definition) is 1. The Kier molecular flexibility index (Phi) is 2.70. The molecular formula is C11H20N2. The van der Waals surface area contributed by atoms with Crippen molar-refractivity contribution in [3.8, 4) is 0 Å². The van der Waals surface area contributed by atoms with Crippen molar-refractivity contribution in [3.63, 3.8) is 0 Å². The lowest BCUT2D eigenvalue weighted by Gasteiger charge is -2.25. The molecule has 1 N–H and O–H groups in total. The van der Waals surface area contributed by atoms with Crippen molar-refractivity contribution in [1.29, 1.82) is 0 Å². The zero-order chi connectivity index (χ0) is 9.26. The lowest BCUT2D eigenvalue weighted by atomic mass is 10.0. The molecule has 2 nitrogen and oxygen atoms in total. The zero-order valence-electron chi connectivity index (χ0n) is 8.77. The van der Waals surface area contributed by atoms with E-state index in [-0.39, 0.29) is 0 Å². The van der Waals surface area contributed by atoms with Gasteiger partial charge in [-0.3, -0.25) is 0 Å². The number of rotatable bonds is 4. The van der Waals surface area contributed by atoms with E-state index in [0.717, 1.165) is 19.0 Å². The van der Waals surface area contributed by atoms with Gasteiger partial charge in [-0.2, -0.15) is 0 Å². The highest BCUT2D eigenvalue weighted by atomic mass is 15.1. The van der Waals surface area contributed by atoms with Crippen molar-refractivity contribution < 1.29 is 0 Å². The van der Waals surface area contributed by atoms with Crippen LogP contribution in [0, 0.1) is 5.92 Å². The summed E-state index contributed by atoms with van der Waals surface area (Å²) in [6, 6.07) is 0. The fourth-order valence-corrected chi connectivity index (χ4v) is 1.87. The summed E-state index contributed by atoms with van der Waals surface area (Å²) in [6.45, 7) is 7.01. The molecule has 1 saturated heterocycles. The first-order valence-electron chi connectivity index (χ1n) is 5.32. The lowest BCUT2D eigenvalue weighted by Crippen LogP contribution is -2.36. The fourth-order valence-electron chi connectivity index (χ4n) is 1.87. The maximum Gasteiger partial charge on any atom is 0.0190 e. The Bertz CT molecular complexity index is 210. The van der Waals surface area contributed by atoms with Crippen molar-refractivity contribution in [3.05, 3.63) is 11.1 Å². The third-order valence-electron chi connectivity index (χ3n) is 3.05. The van der Waals surface area contributed by atoms with Gasteiger partial charge in [0.2, 0.25) is 0 Å². The van der Waals surface area contributed by atoms with E-state index in [2.05, 4.69) is 24.2 Å². The van der Waals surface area contributed by atoms with Gasteiger partial charge in [-0.15, -0.1) is 0 Å². The Morgan fingerprint density at radius 1 is 1.46 bits per heavy atom. The molecule has 13 heavy (non-hydrogen) atoms. The first kappa shape index (κ1) is 9.22. The van der Waals surface area contributed by atoms with Crippen LogP contribution in [0.1, 0.15) is 19.8 Å². The third-order valence-corrected chi connectivity index (χ3v) is 3.05. The van der Waals surface area contributed by atoms with Crippen LogP contribution >= 0.6 is 0 Å². The van der Waals surface area contributed by atoms with Crippen LogP contribution in [0.15, 0.2) is 11.1 Å². The second kappa shape index (κ2) is 3.81. The van der Waals surface area contributed by atoms with Crippen LogP contribution in [0.2, 0.25) is 0 Å². The van der Waals surface area contributed by atoms with E-state index in [1.165, 1.54) is 25.9 Å². The SMILES string of the molecule is CC(CN(C)CC1CC1)=C1CNC1. The summed E-state index contributed by atoms with van der Waals surface area (Å²) in [5.41, 5.74) is 3.21. The molecule has 2 rings (SSSR count). The monoisotopic (exact) mass is 180 g/mol. The highest BCUT2D eigenvalue weighted by Gasteiger charge is 2.23. The van der Waals surface area contributed by atoms with Crippen molar-refractivity contribution in [2.24, 2.45) is 5.92 Å². The van der Waals surface area contributed by atoms with Gasteiger partial charge in [-0.25, -0.2) is 0 Å². The van der Waals surface area contributed by atoms with Crippen LogP contribution in [-0.2, 0) is 0 Å². The molecule has 0 aromatic carbocycles. The largest absolute Gasteiger partial charge is 0.309 e. The van der Waals surface area contributed by atoms with Crippen LogP contribution in [0.4, 0.5) is 0 Å². The van der Waals surface area contributed by atoms with Crippen molar-refractivity contribution in [2.45, 2.75) is 19.8 Å². The van der Waals surface area contributed by atoms with Crippen molar-refractivity contribution >= 4 is 0 Å². The average Bonchev–Trinajstić information content (AvgIpc) is 2.65. The summed E-state index contributed by atoms with van der Waals surface area (Å²) in [5.74, 6) is 1.02. The first-order chi connectivity index (χ1) is 6.25. The molecular weight excluding hydrogens is 160 g/mol. The Morgan fingerprint density at radius 3 is 2.62 bits per heavy atom. The summed E-state index contributed by atoms with van der Waals surface area (Å²) >= 11 is 0. The van der Waals surface area contributed by atoms with E-state index < -0.39 is 0 Å². The molecule has 0 amide bonds. The topological polar surface area (TPSA) is 15.3 Å². The van der Waals surface area contributed by atoms with Gasteiger partial charge >= 0.3 is 0 Å². The minimum atomic E-state index is 1.02. The van der Waals surface area contributed by atoms with Crippen LogP contribution in [0.5, 0.6) is 0 Å². The molecule has 2 fully saturated rings. The quantitative estimate of drug-likeness (QED) is 0.655. The highest BCUT2D eigenvalue weighted by molar-refractivity contribution is 5.22. The Hall–Kier alpha value is -0.340. The smallest absolute Gasteiger partial charge is 0.0190 e. The van der Waals surface area contributed by atoms with E-state index >= 15 is 0 Å². The maximum absolute atomic E-state index is 3.29. The Labute approximate surface area is 81.0 Å². The van der Waals surface area contributed by atoms with E-state index in [1.807, 2.05) is 0 Å². The lowest BCUT2D eigenvalue weighted by molar-refractivity contribution is 0.344. The fraction of sp³-hybridized carbons (Fsp3) is 0.818.